The number of piperidine rings is 1. The van der Waals surface area contributed by atoms with Crippen molar-refractivity contribution in [2.45, 2.75) is 51.4 Å². The Morgan fingerprint density at radius 2 is 1.93 bits per heavy atom. The smallest absolute Gasteiger partial charge is 0.272 e. The monoisotopic (exact) mass is 633 g/mol. The number of likely N-dealkylation sites (tertiary alicyclic amines) is 1. The van der Waals surface area contributed by atoms with E-state index in [9.17, 15) is 14.4 Å². The highest BCUT2D eigenvalue weighted by Crippen LogP contribution is 2.33. The predicted octanol–water partition coefficient (Wildman–Crippen LogP) is 3.26. The molecule has 3 aliphatic heterocycles. The van der Waals surface area contributed by atoms with Crippen LogP contribution >= 0.6 is 0 Å². The van der Waals surface area contributed by atoms with Crippen molar-refractivity contribution < 1.29 is 33.3 Å². The fourth-order valence-electron chi connectivity index (χ4n) is 5.93. The second-order valence-electron chi connectivity index (χ2n) is 11.8. The van der Waals surface area contributed by atoms with Gasteiger partial charge in [0, 0.05) is 46.8 Å². The highest BCUT2D eigenvalue weighted by molar-refractivity contribution is 5.93. The third-order valence-corrected chi connectivity index (χ3v) is 8.31. The van der Waals surface area contributed by atoms with Crippen molar-refractivity contribution in [1.29, 1.82) is 0 Å². The lowest BCUT2D eigenvalue weighted by atomic mass is 10.0. The molecule has 1 aromatic heterocycles. The minimum absolute atomic E-state index is 0.112. The van der Waals surface area contributed by atoms with Crippen LogP contribution in [0.25, 0.3) is 0 Å². The van der Waals surface area contributed by atoms with Gasteiger partial charge in [-0.25, -0.2) is 0 Å². The molecule has 0 radical (unpaired) electrons. The van der Waals surface area contributed by atoms with Crippen LogP contribution in [0.5, 0.6) is 17.2 Å². The van der Waals surface area contributed by atoms with Crippen molar-refractivity contribution in [2.24, 2.45) is 7.05 Å². The Balaban J connectivity index is 1.41. The second-order valence-corrected chi connectivity index (χ2v) is 11.8. The summed E-state index contributed by atoms with van der Waals surface area (Å²) in [5.41, 5.74) is 3.05. The van der Waals surface area contributed by atoms with Crippen LogP contribution < -0.4 is 14.8 Å². The molecule has 1 N–H and O–H groups in total. The maximum absolute atomic E-state index is 13.5. The summed E-state index contributed by atoms with van der Waals surface area (Å²) in [7, 11) is 4.93. The number of hydrogen-bond donors (Lipinski definition) is 1. The molecule has 3 aliphatic rings. The number of methoxy groups -OCH3 is 2. The first-order valence-electron chi connectivity index (χ1n) is 15.7. The van der Waals surface area contributed by atoms with Gasteiger partial charge in [-0.15, -0.1) is 0 Å². The number of hydrogen-bond acceptors (Lipinski definition) is 8. The fraction of sp³-hybridized carbons (Fsp3) is 0.471. The lowest BCUT2D eigenvalue weighted by Gasteiger charge is -2.39. The van der Waals surface area contributed by atoms with Crippen molar-refractivity contribution >= 4 is 17.7 Å². The molecule has 3 amide bonds. The van der Waals surface area contributed by atoms with Crippen LogP contribution in [0.15, 0.2) is 48.5 Å². The van der Waals surface area contributed by atoms with Crippen molar-refractivity contribution in [2.75, 3.05) is 47.0 Å². The first-order chi connectivity index (χ1) is 22.2. The van der Waals surface area contributed by atoms with E-state index >= 15 is 0 Å². The van der Waals surface area contributed by atoms with Gasteiger partial charge in [-0.3, -0.25) is 19.1 Å². The third-order valence-electron chi connectivity index (χ3n) is 8.31. The summed E-state index contributed by atoms with van der Waals surface area (Å²) in [4.78, 5) is 43.8. The Kier molecular flexibility index (Phi) is 10.9. The number of amides is 3. The summed E-state index contributed by atoms with van der Waals surface area (Å²) >= 11 is 0. The van der Waals surface area contributed by atoms with Crippen LogP contribution in [-0.2, 0) is 39.1 Å². The largest absolute Gasteiger partial charge is 0.493 e. The predicted molar refractivity (Wildman–Crippen MR) is 170 cm³/mol. The van der Waals surface area contributed by atoms with Crippen LogP contribution in [0.1, 0.15) is 46.6 Å². The Hall–Kier alpha value is -4.42. The Bertz CT molecular complexity index is 1540. The molecule has 6 rings (SSSR count). The van der Waals surface area contributed by atoms with Gasteiger partial charge in [0.2, 0.25) is 11.8 Å². The first-order valence-corrected chi connectivity index (χ1v) is 15.7. The van der Waals surface area contributed by atoms with Gasteiger partial charge in [-0.05, 0) is 67.6 Å². The molecule has 12 heteroatoms. The summed E-state index contributed by atoms with van der Waals surface area (Å²) in [6.07, 6.45) is 1.43. The summed E-state index contributed by atoms with van der Waals surface area (Å²) in [6.45, 7) is 3.57. The Morgan fingerprint density at radius 3 is 2.70 bits per heavy atom. The van der Waals surface area contributed by atoms with Crippen LogP contribution in [0.3, 0.4) is 0 Å². The minimum atomic E-state index is -0.489. The van der Waals surface area contributed by atoms with Gasteiger partial charge in [0.15, 0.2) is 11.5 Å². The van der Waals surface area contributed by atoms with Crippen molar-refractivity contribution in [3.05, 3.63) is 71.0 Å². The average molecular weight is 634 g/mol. The molecular weight excluding hydrogens is 590 g/mol. The average Bonchev–Trinajstić information content (AvgIpc) is 3.39. The molecule has 4 bridgehead atoms. The minimum Gasteiger partial charge on any atom is -0.493 e. The van der Waals surface area contributed by atoms with E-state index in [1.807, 2.05) is 49.4 Å². The van der Waals surface area contributed by atoms with Gasteiger partial charge in [-0.2, -0.15) is 5.10 Å². The number of aryl methyl sites for hydroxylation is 3. The number of nitrogens with zero attached hydrogens (tertiary/aromatic N) is 4. The number of benzene rings is 2. The van der Waals surface area contributed by atoms with E-state index in [-0.39, 0.29) is 49.9 Å². The standard InChI is InChI=1S/C34H43N5O7/c1-23-17-28(37(2)36-23)34(42)39-15-13-29-27(20-39)35-32(40)21-38(14-6-16-43-3)33(41)12-10-24-9-11-30(31(19-24)44-4)46-26-8-5-7-25(18-26)22-45-29/h5,7-9,11,17-19,27,29H,6,10,12-16,20-22H2,1-4H3,(H,35,40)/t27-,29+/m0/s1. The molecule has 2 aromatic carbocycles. The maximum atomic E-state index is 13.5. The SMILES string of the molecule is COCCCN1CC(=O)N[C@H]2CN(C(=O)c3cc(C)nn3C)CC[C@H]2OCc2cccc(c2)Oc2ccc(cc2OC)CCC1=O. The molecule has 4 heterocycles. The highest BCUT2D eigenvalue weighted by atomic mass is 16.5. The van der Waals surface area contributed by atoms with E-state index in [1.54, 1.807) is 41.8 Å². The third kappa shape index (κ3) is 8.24. The van der Waals surface area contributed by atoms with Gasteiger partial charge >= 0.3 is 0 Å². The van der Waals surface area contributed by atoms with E-state index < -0.39 is 6.04 Å². The fourth-order valence-corrected chi connectivity index (χ4v) is 5.93. The zero-order chi connectivity index (χ0) is 32.6. The molecule has 2 atom stereocenters. The summed E-state index contributed by atoms with van der Waals surface area (Å²) in [6, 6.07) is 14.5. The molecule has 0 aliphatic carbocycles. The zero-order valence-electron chi connectivity index (χ0n) is 27.0. The van der Waals surface area contributed by atoms with E-state index in [2.05, 4.69) is 10.4 Å². The number of rotatable bonds is 6. The molecule has 3 aromatic rings. The lowest BCUT2D eigenvalue weighted by molar-refractivity contribution is -0.137. The normalized spacial score (nSPS) is 19.4. The molecule has 246 valence electrons. The van der Waals surface area contributed by atoms with Gasteiger partial charge in [0.1, 0.15) is 11.4 Å². The summed E-state index contributed by atoms with van der Waals surface area (Å²) in [5.74, 6) is 1.14. The van der Waals surface area contributed by atoms with Gasteiger partial charge in [-0.1, -0.05) is 18.2 Å². The second kappa shape index (κ2) is 15.2. The molecule has 0 saturated carbocycles. The number of ether oxygens (including phenoxy) is 4. The van der Waals surface area contributed by atoms with Crippen LogP contribution in [0.2, 0.25) is 0 Å². The molecule has 1 fully saturated rings. The molecule has 12 nitrogen and oxygen atoms in total. The van der Waals surface area contributed by atoms with Crippen LogP contribution in [-0.4, -0.2) is 96.5 Å². The molecule has 0 spiro atoms. The number of nitrogens with one attached hydrogen (secondary N) is 1. The van der Waals surface area contributed by atoms with Gasteiger partial charge < -0.3 is 34.1 Å². The number of aromatic nitrogens is 2. The molecule has 46 heavy (non-hydrogen) atoms. The van der Waals surface area contributed by atoms with E-state index in [0.29, 0.717) is 61.9 Å². The Labute approximate surface area is 269 Å². The van der Waals surface area contributed by atoms with E-state index in [4.69, 9.17) is 18.9 Å². The molecule has 0 unspecified atom stereocenters. The van der Waals surface area contributed by atoms with Crippen LogP contribution in [0, 0.1) is 6.92 Å². The number of carbonyl (C=O) groups is 3. The van der Waals surface area contributed by atoms with Crippen molar-refractivity contribution in [1.82, 2.24) is 24.9 Å². The lowest BCUT2D eigenvalue weighted by Crippen LogP contribution is -2.58. The van der Waals surface area contributed by atoms with Crippen molar-refractivity contribution in [3.8, 4) is 17.2 Å². The van der Waals surface area contributed by atoms with Crippen LogP contribution in [0.4, 0.5) is 0 Å². The Morgan fingerprint density at radius 1 is 1.09 bits per heavy atom. The van der Waals surface area contributed by atoms with E-state index in [0.717, 1.165) is 16.8 Å². The zero-order valence-corrected chi connectivity index (χ0v) is 27.0. The topological polar surface area (TPSA) is 124 Å². The number of carbonyl (C=O) groups excluding carboxylic acids is 3. The quantitative estimate of drug-likeness (QED) is 0.411. The molecular formula is C34H43N5O7. The first kappa shape index (κ1) is 33.0. The maximum Gasteiger partial charge on any atom is 0.272 e. The number of fused-ring (bicyclic) bond motifs is 9. The highest BCUT2D eigenvalue weighted by Gasteiger charge is 2.35. The van der Waals surface area contributed by atoms with Gasteiger partial charge in [0.05, 0.1) is 38.1 Å². The summed E-state index contributed by atoms with van der Waals surface area (Å²) < 4.78 is 25.0. The van der Waals surface area contributed by atoms with E-state index in [1.165, 1.54) is 0 Å². The van der Waals surface area contributed by atoms with Gasteiger partial charge in [0.25, 0.3) is 5.91 Å². The molecule has 1 saturated heterocycles. The summed E-state index contributed by atoms with van der Waals surface area (Å²) in [5, 5.41) is 7.42. The van der Waals surface area contributed by atoms with Crippen molar-refractivity contribution in [3.63, 3.8) is 0 Å².